The van der Waals surface area contributed by atoms with Crippen molar-refractivity contribution in [3.63, 3.8) is 0 Å². The maximum Gasteiger partial charge on any atom is 0.335 e. The van der Waals surface area contributed by atoms with Crippen molar-refractivity contribution in [2.45, 2.75) is 25.7 Å². The average Bonchev–Trinajstić information content (AvgIpc) is 2.72. The molecule has 0 aromatic heterocycles. The molecule has 0 bridgehead atoms. The number of ether oxygens (including phenoxy) is 1. The number of phenolic OH excluding ortho intramolecular Hbond substituents is 2. The minimum atomic E-state index is -1.39. The molecule has 9 heteroatoms. The van der Waals surface area contributed by atoms with Crippen LogP contribution in [0.25, 0.3) is 10.8 Å². The van der Waals surface area contributed by atoms with Crippen molar-refractivity contribution in [3.05, 3.63) is 34.0 Å². The summed E-state index contributed by atoms with van der Waals surface area (Å²) in [6.07, 6.45) is 1.56. The molecule has 0 aliphatic heterocycles. The average molecular weight is 378 g/mol. The molecule has 0 atom stereocenters. The molecule has 0 spiro atoms. The lowest BCUT2D eigenvalue weighted by molar-refractivity contribution is -0.137. The second-order valence-electron chi connectivity index (χ2n) is 5.85. The molecule has 0 unspecified atom stereocenters. The van der Waals surface area contributed by atoms with Crippen molar-refractivity contribution in [1.29, 1.82) is 0 Å². The number of carbonyl (C=O) groups is 2. The summed E-state index contributed by atoms with van der Waals surface area (Å²) < 4.78 is 5.36. The van der Waals surface area contributed by atoms with Crippen LogP contribution in [0.4, 0.5) is 0 Å². The maximum atomic E-state index is 12.2. The molecule has 0 saturated carbocycles. The first-order valence-electron chi connectivity index (χ1n) is 8.06. The summed E-state index contributed by atoms with van der Waals surface area (Å²) in [5.41, 5.74) is -1.42. The van der Waals surface area contributed by atoms with E-state index >= 15 is 0 Å². The van der Waals surface area contributed by atoms with Gasteiger partial charge < -0.3 is 30.3 Å². The Morgan fingerprint density at radius 1 is 0.926 bits per heavy atom. The van der Waals surface area contributed by atoms with Crippen molar-refractivity contribution >= 4 is 22.7 Å². The van der Waals surface area contributed by atoms with Gasteiger partial charge in [0.2, 0.25) is 11.2 Å². The number of hydrogen-bond acceptors (Lipinski definition) is 7. The number of carboxylic acids is 2. The number of aliphatic carboxylic acids is 1. The molecule has 144 valence electrons. The smallest absolute Gasteiger partial charge is 0.335 e. The van der Waals surface area contributed by atoms with E-state index in [-0.39, 0.29) is 29.7 Å². The highest BCUT2D eigenvalue weighted by molar-refractivity contribution is 5.97. The largest absolute Gasteiger partial charge is 0.504 e. The summed E-state index contributed by atoms with van der Waals surface area (Å²) >= 11 is 0. The van der Waals surface area contributed by atoms with E-state index in [9.17, 15) is 29.7 Å². The Labute approximate surface area is 152 Å². The van der Waals surface area contributed by atoms with E-state index in [4.69, 9.17) is 14.9 Å². The number of fused-ring (bicyclic) bond motifs is 1. The third-order valence-electron chi connectivity index (χ3n) is 3.87. The molecule has 2 aromatic rings. The van der Waals surface area contributed by atoms with Gasteiger partial charge in [-0.1, -0.05) is 0 Å². The molecule has 2 aromatic carbocycles. The Morgan fingerprint density at radius 3 is 2.26 bits per heavy atom. The lowest BCUT2D eigenvalue weighted by atomic mass is 10.1. The first kappa shape index (κ1) is 19.8. The van der Waals surface area contributed by atoms with Crippen molar-refractivity contribution in [2.24, 2.45) is 0 Å². The minimum Gasteiger partial charge on any atom is -0.504 e. The summed E-state index contributed by atoms with van der Waals surface area (Å²) in [4.78, 5) is 33.8. The van der Waals surface area contributed by atoms with Gasteiger partial charge in [0, 0.05) is 6.42 Å². The number of rotatable bonds is 8. The van der Waals surface area contributed by atoms with Crippen molar-refractivity contribution in [3.8, 4) is 23.0 Å². The van der Waals surface area contributed by atoms with Crippen LogP contribution >= 0.6 is 0 Å². The van der Waals surface area contributed by atoms with Gasteiger partial charge in [-0.25, -0.2) is 4.79 Å². The predicted molar refractivity (Wildman–Crippen MR) is 93.8 cm³/mol. The van der Waals surface area contributed by atoms with Gasteiger partial charge in [-0.15, -0.1) is 0 Å². The van der Waals surface area contributed by atoms with E-state index in [2.05, 4.69) is 0 Å². The van der Waals surface area contributed by atoms with Gasteiger partial charge in [0.25, 0.3) is 0 Å². The summed E-state index contributed by atoms with van der Waals surface area (Å²) in [7, 11) is 0. The zero-order valence-electron chi connectivity index (χ0n) is 14.1. The summed E-state index contributed by atoms with van der Waals surface area (Å²) in [5.74, 6) is -4.89. The Kier molecular flexibility index (Phi) is 6.07. The lowest BCUT2D eigenvalue weighted by Gasteiger charge is -2.10. The van der Waals surface area contributed by atoms with E-state index in [1.54, 1.807) is 0 Å². The first-order valence-corrected chi connectivity index (χ1v) is 8.06. The summed E-state index contributed by atoms with van der Waals surface area (Å²) in [6, 6.07) is 3.01. The normalized spacial score (nSPS) is 10.7. The monoisotopic (exact) mass is 378 g/mol. The highest BCUT2D eigenvalue weighted by Crippen LogP contribution is 2.41. The Morgan fingerprint density at radius 2 is 1.63 bits per heavy atom. The SMILES string of the molecule is O=C(O)CCCCCOc1cc2cc(C(=O)O)cc(O)c(=O)c2c(O)c1O. The standard InChI is InChI=1S/C18H18O9/c19-11-7-10(18(25)26)6-9-8-12(16(23)17(24)14(9)15(11)22)27-5-3-1-2-4-13(20)21/h6-8,23-24H,1-5H2,(H,19,22)(H,20,21)(H,25,26). The highest BCUT2D eigenvalue weighted by Gasteiger charge is 2.18. The molecule has 5 N–H and O–H groups in total. The predicted octanol–water partition coefficient (Wildman–Crippen LogP) is 2.04. The fraction of sp³-hybridized carbons (Fsp3) is 0.278. The maximum absolute atomic E-state index is 12.2. The van der Waals surface area contributed by atoms with E-state index < -0.39 is 40.0 Å². The summed E-state index contributed by atoms with van der Waals surface area (Å²) in [5, 5.41) is 47.1. The molecular weight excluding hydrogens is 360 g/mol. The van der Waals surface area contributed by atoms with Crippen LogP contribution in [0.3, 0.4) is 0 Å². The molecule has 0 fully saturated rings. The van der Waals surface area contributed by atoms with Crippen LogP contribution in [-0.2, 0) is 4.79 Å². The second-order valence-corrected chi connectivity index (χ2v) is 5.85. The molecular formula is C18H18O9. The third kappa shape index (κ3) is 4.57. The van der Waals surface area contributed by atoms with E-state index in [0.29, 0.717) is 19.3 Å². The van der Waals surface area contributed by atoms with Gasteiger partial charge in [-0.2, -0.15) is 0 Å². The molecule has 0 aliphatic carbocycles. The van der Waals surface area contributed by atoms with Gasteiger partial charge >= 0.3 is 11.9 Å². The fourth-order valence-corrected chi connectivity index (χ4v) is 2.53. The Hall–Kier alpha value is -3.49. The zero-order chi connectivity index (χ0) is 20.1. The number of aromatic carboxylic acids is 1. The first-order chi connectivity index (χ1) is 12.7. The van der Waals surface area contributed by atoms with Crippen LogP contribution in [0, 0.1) is 0 Å². The van der Waals surface area contributed by atoms with Gasteiger partial charge in [0.05, 0.1) is 17.6 Å². The fourth-order valence-electron chi connectivity index (χ4n) is 2.53. The molecule has 0 radical (unpaired) electrons. The number of unbranched alkanes of at least 4 members (excludes halogenated alkanes) is 2. The zero-order valence-corrected chi connectivity index (χ0v) is 14.1. The minimum absolute atomic E-state index is 0.0334. The van der Waals surface area contributed by atoms with Crippen LogP contribution in [0.2, 0.25) is 0 Å². The Bertz CT molecular complexity index is 950. The molecule has 2 rings (SSSR count). The van der Waals surface area contributed by atoms with E-state index in [1.165, 1.54) is 6.07 Å². The third-order valence-corrected chi connectivity index (χ3v) is 3.87. The molecule has 0 aliphatic rings. The van der Waals surface area contributed by atoms with Crippen molar-refractivity contribution in [1.82, 2.24) is 0 Å². The van der Waals surface area contributed by atoms with Crippen LogP contribution in [0.1, 0.15) is 36.0 Å². The van der Waals surface area contributed by atoms with E-state index in [0.717, 1.165) is 12.1 Å². The van der Waals surface area contributed by atoms with Crippen molar-refractivity contribution < 1.29 is 39.9 Å². The van der Waals surface area contributed by atoms with Crippen molar-refractivity contribution in [2.75, 3.05) is 6.61 Å². The van der Waals surface area contributed by atoms with Gasteiger partial charge in [0.1, 0.15) is 0 Å². The van der Waals surface area contributed by atoms with Crippen LogP contribution < -0.4 is 10.2 Å². The van der Waals surface area contributed by atoms with Gasteiger partial charge in [0.15, 0.2) is 17.2 Å². The number of aromatic hydroxyl groups is 3. The van der Waals surface area contributed by atoms with Crippen LogP contribution in [-0.4, -0.2) is 44.1 Å². The Balaban J connectivity index is 2.35. The molecule has 0 saturated heterocycles. The number of benzene rings is 1. The van der Waals surface area contributed by atoms with Gasteiger partial charge in [-0.3, -0.25) is 9.59 Å². The number of hydrogen-bond donors (Lipinski definition) is 5. The number of carboxylic acid groups (broad SMARTS) is 2. The second kappa shape index (κ2) is 8.26. The summed E-state index contributed by atoms with van der Waals surface area (Å²) in [6.45, 7) is 0.109. The molecule has 0 amide bonds. The molecule has 9 nitrogen and oxygen atoms in total. The lowest BCUT2D eigenvalue weighted by Crippen LogP contribution is -2.01. The number of phenols is 2. The van der Waals surface area contributed by atoms with Gasteiger partial charge in [-0.05, 0) is 42.8 Å². The molecule has 27 heavy (non-hydrogen) atoms. The molecule has 0 heterocycles. The van der Waals surface area contributed by atoms with Crippen LogP contribution in [0.5, 0.6) is 23.0 Å². The quantitative estimate of drug-likeness (QED) is 0.342. The van der Waals surface area contributed by atoms with E-state index in [1.807, 2.05) is 0 Å². The van der Waals surface area contributed by atoms with Crippen LogP contribution in [0.15, 0.2) is 23.0 Å². The topological polar surface area (TPSA) is 162 Å². The highest BCUT2D eigenvalue weighted by atomic mass is 16.5.